The number of aliphatic hydroxyl groups is 1. The van der Waals surface area contributed by atoms with Gasteiger partial charge in [0.2, 0.25) is 0 Å². The van der Waals surface area contributed by atoms with Gasteiger partial charge in [0.15, 0.2) is 6.10 Å². The minimum Gasteiger partial charge on any atom is -0.458 e. The Morgan fingerprint density at radius 3 is 2.67 bits per heavy atom. The summed E-state index contributed by atoms with van der Waals surface area (Å²) in [6.45, 7) is 0. The number of nitro benzene ring substituents is 1. The van der Waals surface area contributed by atoms with E-state index in [1.807, 2.05) is 0 Å². The molecule has 24 heavy (non-hydrogen) atoms. The van der Waals surface area contributed by atoms with Crippen LogP contribution in [0.15, 0.2) is 48.5 Å². The van der Waals surface area contributed by atoms with Gasteiger partial charge in [-0.25, -0.2) is 4.79 Å². The van der Waals surface area contributed by atoms with Crippen LogP contribution in [0.3, 0.4) is 0 Å². The lowest BCUT2D eigenvalue weighted by molar-refractivity contribution is -0.384. The minimum absolute atomic E-state index is 0.0551. The lowest BCUT2D eigenvalue weighted by Gasteiger charge is -2.19. The van der Waals surface area contributed by atoms with E-state index in [2.05, 4.69) is 0 Å². The number of hydrogen-bond acceptors (Lipinski definition) is 6. The van der Waals surface area contributed by atoms with Crippen molar-refractivity contribution in [3.63, 3.8) is 0 Å². The van der Waals surface area contributed by atoms with E-state index < -0.39 is 29.1 Å². The summed E-state index contributed by atoms with van der Waals surface area (Å²) in [5.74, 6) is -0.788. The standard InChI is InChI=1S/C17H16N2O5/c18-15-13-9-12(19(22)23)7-6-11(13)8-14(15)24-17(21)16(20)10-4-2-1-3-5-10/h1-7,9,14-16,20H,8,18H2/t14-,15-,16-/m1/s1. The maximum absolute atomic E-state index is 12.1. The van der Waals surface area contributed by atoms with E-state index in [1.165, 1.54) is 12.1 Å². The first-order valence-electron chi connectivity index (χ1n) is 7.43. The van der Waals surface area contributed by atoms with Crippen molar-refractivity contribution in [1.82, 2.24) is 0 Å². The van der Waals surface area contributed by atoms with E-state index in [1.54, 1.807) is 36.4 Å². The van der Waals surface area contributed by atoms with Gasteiger partial charge in [-0.1, -0.05) is 36.4 Å². The lowest BCUT2D eigenvalue weighted by Crippen LogP contribution is -2.30. The second-order valence-corrected chi connectivity index (χ2v) is 5.66. The molecule has 2 aromatic rings. The van der Waals surface area contributed by atoms with Crippen molar-refractivity contribution < 1.29 is 19.6 Å². The van der Waals surface area contributed by atoms with Gasteiger partial charge in [-0.15, -0.1) is 0 Å². The number of hydrogen-bond donors (Lipinski definition) is 2. The molecular weight excluding hydrogens is 312 g/mol. The Balaban J connectivity index is 1.73. The van der Waals surface area contributed by atoms with Crippen molar-refractivity contribution in [3.05, 3.63) is 75.3 Å². The van der Waals surface area contributed by atoms with Gasteiger partial charge >= 0.3 is 5.97 Å². The number of aliphatic hydroxyl groups excluding tert-OH is 1. The summed E-state index contributed by atoms with van der Waals surface area (Å²) in [5, 5.41) is 20.9. The summed E-state index contributed by atoms with van der Waals surface area (Å²) in [6, 6.07) is 12.2. The molecule has 124 valence electrons. The molecule has 0 fully saturated rings. The predicted molar refractivity (Wildman–Crippen MR) is 85.0 cm³/mol. The molecule has 0 aromatic heterocycles. The van der Waals surface area contributed by atoms with Crippen LogP contribution in [0.2, 0.25) is 0 Å². The van der Waals surface area contributed by atoms with Gasteiger partial charge in [-0.05, 0) is 16.7 Å². The zero-order chi connectivity index (χ0) is 17.3. The SMILES string of the molecule is N[C@@H]1c2cc([N+](=O)[O-])ccc2C[C@H]1OC(=O)[C@H](O)c1ccccc1. The number of non-ortho nitro benzene ring substituents is 1. The van der Waals surface area contributed by atoms with Crippen LogP contribution in [0.1, 0.15) is 28.8 Å². The monoisotopic (exact) mass is 328 g/mol. The molecule has 0 amide bonds. The van der Waals surface area contributed by atoms with Crippen molar-refractivity contribution in [3.8, 4) is 0 Å². The number of nitro groups is 1. The Kier molecular flexibility index (Phi) is 4.28. The van der Waals surface area contributed by atoms with Crippen LogP contribution < -0.4 is 5.73 Å². The predicted octanol–water partition coefficient (Wildman–Crippen LogP) is 1.80. The molecule has 0 aliphatic heterocycles. The van der Waals surface area contributed by atoms with Crippen molar-refractivity contribution in [2.75, 3.05) is 0 Å². The van der Waals surface area contributed by atoms with Crippen LogP contribution in [-0.4, -0.2) is 22.1 Å². The average molecular weight is 328 g/mol. The highest BCUT2D eigenvalue weighted by atomic mass is 16.6. The van der Waals surface area contributed by atoms with Crippen molar-refractivity contribution in [2.24, 2.45) is 5.73 Å². The first kappa shape index (κ1) is 16.1. The van der Waals surface area contributed by atoms with E-state index in [0.717, 1.165) is 5.56 Å². The van der Waals surface area contributed by atoms with Gasteiger partial charge < -0.3 is 15.6 Å². The van der Waals surface area contributed by atoms with Gasteiger partial charge in [0.05, 0.1) is 11.0 Å². The molecule has 1 aliphatic carbocycles. The summed E-state index contributed by atoms with van der Waals surface area (Å²) >= 11 is 0. The Bertz CT molecular complexity index is 778. The van der Waals surface area contributed by atoms with Gasteiger partial charge in [-0.3, -0.25) is 10.1 Å². The van der Waals surface area contributed by atoms with Crippen LogP contribution in [-0.2, 0) is 16.0 Å². The average Bonchev–Trinajstić information content (AvgIpc) is 2.90. The smallest absolute Gasteiger partial charge is 0.340 e. The Labute approximate surface area is 137 Å². The molecule has 7 heteroatoms. The molecule has 3 N–H and O–H groups in total. The van der Waals surface area contributed by atoms with Crippen molar-refractivity contribution in [1.29, 1.82) is 0 Å². The second-order valence-electron chi connectivity index (χ2n) is 5.66. The van der Waals surface area contributed by atoms with Crippen molar-refractivity contribution >= 4 is 11.7 Å². The third kappa shape index (κ3) is 2.99. The highest BCUT2D eigenvalue weighted by Crippen LogP contribution is 2.34. The Morgan fingerprint density at radius 2 is 2.00 bits per heavy atom. The molecule has 2 aromatic carbocycles. The molecule has 0 bridgehead atoms. The fraction of sp³-hybridized carbons (Fsp3) is 0.235. The number of esters is 1. The molecule has 0 radical (unpaired) electrons. The maximum atomic E-state index is 12.1. The largest absolute Gasteiger partial charge is 0.458 e. The van der Waals surface area contributed by atoms with Gasteiger partial charge in [-0.2, -0.15) is 0 Å². The highest BCUT2D eigenvalue weighted by molar-refractivity contribution is 5.76. The normalized spacial score (nSPS) is 20.2. The third-order valence-corrected chi connectivity index (χ3v) is 4.13. The van der Waals surface area contributed by atoms with E-state index >= 15 is 0 Å². The molecule has 0 saturated heterocycles. The number of carbonyl (C=O) groups excluding carboxylic acids is 1. The maximum Gasteiger partial charge on any atom is 0.340 e. The summed E-state index contributed by atoms with van der Waals surface area (Å²) in [5.41, 5.74) is 7.84. The first-order valence-corrected chi connectivity index (χ1v) is 7.43. The number of carbonyl (C=O) groups is 1. The molecule has 0 unspecified atom stereocenters. The van der Waals surface area contributed by atoms with E-state index in [0.29, 0.717) is 17.5 Å². The van der Waals surface area contributed by atoms with E-state index in [4.69, 9.17) is 10.5 Å². The summed E-state index contributed by atoms with van der Waals surface area (Å²) in [4.78, 5) is 22.5. The van der Waals surface area contributed by atoms with Gasteiger partial charge in [0.25, 0.3) is 5.69 Å². The van der Waals surface area contributed by atoms with E-state index in [-0.39, 0.29) is 5.69 Å². The fourth-order valence-electron chi connectivity index (χ4n) is 2.84. The number of benzene rings is 2. The van der Waals surface area contributed by atoms with Gasteiger partial charge in [0, 0.05) is 18.6 Å². The summed E-state index contributed by atoms with van der Waals surface area (Å²) < 4.78 is 5.34. The van der Waals surface area contributed by atoms with Crippen LogP contribution in [0, 0.1) is 10.1 Å². The second kappa shape index (κ2) is 6.38. The Hall–Kier alpha value is -2.77. The van der Waals surface area contributed by atoms with Crippen LogP contribution in [0.25, 0.3) is 0 Å². The molecule has 0 spiro atoms. The summed E-state index contributed by atoms with van der Waals surface area (Å²) in [6.07, 6.45) is -1.69. The topological polar surface area (TPSA) is 116 Å². The number of ether oxygens (including phenoxy) is 1. The molecular formula is C17H16N2O5. The third-order valence-electron chi connectivity index (χ3n) is 4.13. The number of fused-ring (bicyclic) bond motifs is 1. The zero-order valence-electron chi connectivity index (χ0n) is 12.7. The molecule has 1 aliphatic rings. The number of rotatable bonds is 4. The lowest BCUT2D eigenvalue weighted by atomic mass is 10.1. The highest BCUT2D eigenvalue weighted by Gasteiger charge is 2.35. The molecule has 0 heterocycles. The van der Waals surface area contributed by atoms with Crippen LogP contribution in [0.4, 0.5) is 5.69 Å². The minimum atomic E-state index is -1.39. The first-order chi connectivity index (χ1) is 11.5. The van der Waals surface area contributed by atoms with Crippen LogP contribution in [0.5, 0.6) is 0 Å². The Morgan fingerprint density at radius 1 is 1.29 bits per heavy atom. The summed E-state index contributed by atoms with van der Waals surface area (Å²) in [7, 11) is 0. The van der Waals surface area contributed by atoms with Crippen LogP contribution >= 0.6 is 0 Å². The molecule has 3 rings (SSSR count). The number of nitrogens with zero attached hydrogens (tertiary/aromatic N) is 1. The molecule has 0 saturated carbocycles. The zero-order valence-corrected chi connectivity index (χ0v) is 12.7. The van der Waals surface area contributed by atoms with Gasteiger partial charge in [0.1, 0.15) is 6.10 Å². The van der Waals surface area contributed by atoms with Crippen molar-refractivity contribution in [2.45, 2.75) is 24.7 Å². The quantitative estimate of drug-likeness (QED) is 0.502. The fourth-order valence-corrected chi connectivity index (χ4v) is 2.84. The molecule has 3 atom stereocenters. The van der Waals surface area contributed by atoms with E-state index in [9.17, 15) is 20.0 Å². The number of nitrogens with two attached hydrogens (primary N) is 1. The molecule has 7 nitrogen and oxygen atoms in total.